The minimum Gasteiger partial charge on any atom is -0.496 e. The first-order valence-corrected chi connectivity index (χ1v) is 7.72. The Morgan fingerprint density at radius 3 is 2.17 bits per heavy atom. The molecule has 0 saturated heterocycles. The summed E-state index contributed by atoms with van der Waals surface area (Å²) < 4.78 is 24.4. The van der Waals surface area contributed by atoms with Crippen molar-refractivity contribution in [2.75, 3.05) is 14.2 Å². The normalized spacial score (nSPS) is 11.1. The Labute approximate surface area is 140 Å². The molecule has 0 spiro atoms. The molecule has 0 unspecified atom stereocenters. The largest absolute Gasteiger partial charge is 0.496 e. The van der Waals surface area contributed by atoms with Crippen molar-refractivity contribution in [3.63, 3.8) is 0 Å². The van der Waals surface area contributed by atoms with E-state index >= 15 is 0 Å². The van der Waals surface area contributed by atoms with Gasteiger partial charge in [0.05, 0.1) is 25.4 Å². The summed E-state index contributed by atoms with van der Waals surface area (Å²) in [7, 11) is 3.28. The Hall–Kier alpha value is -2.69. The second-order valence-corrected chi connectivity index (χ2v) is 5.88. The molecule has 1 aromatic heterocycles. The summed E-state index contributed by atoms with van der Waals surface area (Å²) in [5.74, 6) is 1.43. The highest BCUT2D eigenvalue weighted by molar-refractivity contribution is 5.82. The monoisotopic (exact) mass is 326 g/mol. The van der Waals surface area contributed by atoms with Crippen LogP contribution in [-0.4, -0.2) is 24.4 Å². The highest BCUT2D eigenvalue weighted by atomic mass is 19.1. The second kappa shape index (κ2) is 6.43. The molecule has 3 rings (SSSR count). The Bertz CT molecular complexity index is 869. The molecule has 2 aromatic carbocycles. The lowest BCUT2D eigenvalue weighted by atomic mass is 9.97. The molecule has 0 atom stereocenters. The number of benzene rings is 2. The van der Waals surface area contributed by atoms with E-state index in [1.54, 1.807) is 20.3 Å². The molecular weight excluding hydrogens is 307 g/mol. The molecule has 3 aromatic rings. The number of ether oxygens (including phenoxy) is 2. The summed E-state index contributed by atoms with van der Waals surface area (Å²) in [6, 6.07) is 10.2. The first-order valence-electron chi connectivity index (χ1n) is 7.72. The Morgan fingerprint density at radius 1 is 0.917 bits per heavy atom. The van der Waals surface area contributed by atoms with Gasteiger partial charge in [-0.3, -0.25) is 0 Å². The van der Waals surface area contributed by atoms with E-state index in [2.05, 4.69) is 24.0 Å². The van der Waals surface area contributed by atoms with E-state index in [4.69, 9.17) is 9.47 Å². The van der Waals surface area contributed by atoms with Gasteiger partial charge in [-0.25, -0.2) is 4.39 Å². The van der Waals surface area contributed by atoms with E-state index in [0.717, 1.165) is 28.0 Å². The van der Waals surface area contributed by atoms with Crippen LogP contribution in [0.1, 0.15) is 25.3 Å². The molecule has 0 radical (unpaired) electrons. The fourth-order valence-corrected chi connectivity index (χ4v) is 2.81. The number of rotatable bonds is 4. The fourth-order valence-electron chi connectivity index (χ4n) is 2.81. The third kappa shape index (κ3) is 2.89. The Kier molecular flexibility index (Phi) is 4.34. The number of halogens is 1. The van der Waals surface area contributed by atoms with Gasteiger partial charge in [-0.2, -0.15) is 0 Å². The van der Waals surface area contributed by atoms with Gasteiger partial charge in [0.25, 0.3) is 0 Å². The zero-order valence-corrected chi connectivity index (χ0v) is 14.1. The third-order valence-corrected chi connectivity index (χ3v) is 3.97. The topological polar surface area (TPSA) is 44.2 Å². The summed E-state index contributed by atoms with van der Waals surface area (Å²) in [4.78, 5) is 0. The predicted octanol–water partition coefficient (Wildman–Crippen LogP) is 4.58. The van der Waals surface area contributed by atoms with Crippen molar-refractivity contribution in [1.29, 1.82) is 0 Å². The third-order valence-electron chi connectivity index (χ3n) is 3.97. The maximum atomic E-state index is 13.3. The lowest BCUT2D eigenvalue weighted by molar-refractivity contribution is 0.382. The van der Waals surface area contributed by atoms with Crippen LogP contribution in [0.2, 0.25) is 0 Å². The van der Waals surface area contributed by atoms with Crippen molar-refractivity contribution in [2.24, 2.45) is 0 Å². The van der Waals surface area contributed by atoms with Crippen molar-refractivity contribution >= 4 is 10.9 Å². The molecule has 0 bridgehead atoms. The SMILES string of the molecule is COc1cc(-c2cc3ccc(F)cc3nn2)cc(OC)c1C(C)C. The van der Waals surface area contributed by atoms with Gasteiger partial charge >= 0.3 is 0 Å². The number of nitrogens with zero attached hydrogens (tertiary/aromatic N) is 2. The van der Waals surface area contributed by atoms with E-state index < -0.39 is 0 Å². The fraction of sp³-hybridized carbons (Fsp3) is 0.263. The molecule has 0 aliphatic heterocycles. The quantitative estimate of drug-likeness (QED) is 0.704. The average molecular weight is 326 g/mol. The molecule has 0 aliphatic carbocycles. The minimum absolute atomic E-state index is 0.259. The number of methoxy groups -OCH3 is 2. The summed E-state index contributed by atoms with van der Waals surface area (Å²) in [6.07, 6.45) is 0. The molecular formula is C19H19FN2O2. The molecule has 1 heterocycles. The van der Waals surface area contributed by atoms with Crippen LogP contribution < -0.4 is 9.47 Å². The molecule has 0 amide bonds. The average Bonchev–Trinajstić information content (AvgIpc) is 2.59. The van der Waals surface area contributed by atoms with Gasteiger partial charge in [0.1, 0.15) is 17.3 Å². The van der Waals surface area contributed by atoms with Crippen molar-refractivity contribution in [3.8, 4) is 22.8 Å². The number of hydrogen-bond acceptors (Lipinski definition) is 4. The maximum Gasteiger partial charge on any atom is 0.126 e. The van der Waals surface area contributed by atoms with Crippen LogP contribution in [0.3, 0.4) is 0 Å². The van der Waals surface area contributed by atoms with Crippen LogP contribution in [0.5, 0.6) is 11.5 Å². The van der Waals surface area contributed by atoms with Gasteiger partial charge in [0, 0.05) is 22.6 Å². The van der Waals surface area contributed by atoms with Crippen LogP contribution in [0, 0.1) is 5.82 Å². The van der Waals surface area contributed by atoms with Gasteiger partial charge in [0.2, 0.25) is 0 Å². The summed E-state index contributed by atoms with van der Waals surface area (Å²) in [5.41, 5.74) is 3.06. The molecule has 24 heavy (non-hydrogen) atoms. The lowest BCUT2D eigenvalue weighted by Crippen LogP contribution is -2.00. The van der Waals surface area contributed by atoms with Crippen molar-refractivity contribution in [1.82, 2.24) is 10.2 Å². The summed E-state index contributed by atoms with van der Waals surface area (Å²) in [5, 5.41) is 9.16. The Morgan fingerprint density at radius 2 is 1.58 bits per heavy atom. The number of hydrogen-bond donors (Lipinski definition) is 0. The number of fused-ring (bicyclic) bond motifs is 1. The summed E-state index contributed by atoms with van der Waals surface area (Å²) >= 11 is 0. The molecule has 5 heteroatoms. The van der Waals surface area contributed by atoms with Crippen molar-refractivity contribution < 1.29 is 13.9 Å². The van der Waals surface area contributed by atoms with Crippen LogP contribution in [0.25, 0.3) is 22.2 Å². The van der Waals surface area contributed by atoms with Gasteiger partial charge in [-0.15, -0.1) is 10.2 Å². The number of aromatic nitrogens is 2. The first kappa shape index (κ1) is 16.2. The van der Waals surface area contributed by atoms with Gasteiger partial charge in [0.15, 0.2) is 0 Å². The molecule has 0 saturated carbocycles. The summed E-state index contributed by atoms with van der Waals surface area (Å²) in [6.45, 7) is 4.18. The smallest absolute Gasteiger partial charge is 0.126 e. The van der Waals surface area contributed by atoms with E-state index in [1.807, 2.05) is 18.2 Å². The van der Waals surface area contributed by atoms with E-state index in [-0.39, 0.29) is 11.7 Å². The predicted molar refractivity (Wildman–Crippen MR) is 92.1 cm³/mol. The van der Waals surface area contributed by atoms with E-state index in [1.165, 1.54) is 12.1 Å². The molecule has 0 N–H and O–H groups in total. The molecule has 0 aliphatic rings. The molecule has 124 valence electrons. The van der Waals surface area contributed by atoms with E-state index in [0.29, 0.717) is 11.2 Å². The lowest BCUT2D eigenvalue weighted by Gasteiger charge is -2.17. The molecule has 0 fully saturated rings. The molecule has 4 nitrogen and oxygen atoms in total. The highest BCUT2D eigenvalue weighted by Gasteiger charge is 2.17. The van der Waals surface area contributed by atoms with Crippen LogP contribution >= 0.6 is 0 Å². The van der Waals surface area contributed by atoms with Gasteiger partial charge in [-0.1, -0.05) is 13.8 Å². The zero-order valence-electron chi connectivity index (χ0n) is 14.1. The standard InChI is InChI=1S/C19H19FN2O2/c1-11(2)19-17(23-3)8-13(9-18(19)24-4)15-7-12-5-6-14(20)10-16(12)22-21-15/h5-11H,1-4H3. The Balaban J connectivity index is 2.17. The van der Waals surface area contributed by atoms with Crippen LogP contribution in [-0.2, 0) is 0 Å². The van der Waals surface area contributed by atoms with Gasteiger partial charge in [-0.05, 0) is 36.2 Å². The second-order valence-electron chi connectivity index (χ2n) is 5.88. The van der Waals surface area contributed by atoms with Crippen molar-refractivity contribution in [2.45, 2.75) is 19.8 Å². The minimum atomic E-state index is -0.325. The van der Waals surface area contributed by atoms with E-state index in [9.17, 15) is 4.39 Å². The highest BCUT2D eigenvalue weighted by Crippen LogP contribution is 2.39. The van der Waals surface area contributed by atoms with Gasteiger partial charge < -0.3 is 9.47 Å². The van der Waals surface area contributed by atoms with Crippen LogP contribution in [0.15, 0.2) is 36.4 Å². The maximum absolute atomic E-state index is 13.3. The van der Waals surface area contributed by atoms with Crippen LogP contribution in [0.4, 0.5) is 4.39 Å². The van der Waals surface area contributed by atoms with Crippen molar-refractivity contribution in [3.05, 3.63) is 47.8 Å². The first-order chi connectivity index (χ1) is 11.5. The zero-order chi connectivity index (χ0) is 17.3.